The Balaban J connectivity index is 2.56. The molecule has 1 heterocycles. The normalized spacial score (nSPS) is 10.7. The van der Waals surface area contributed by atoms with Crippen molar-refractivity contribution in [2.75, 3.05) is 5.73 Å². The minimum atomic E-state index is -0.429. The molecule has 5 nitrogen and oxygen atoms in total. The Bertz CT molecular complexity index is 589. The third-order valence-electron chi connectivity index (χ3n) is 2.74. The summed E-state index contributed by atoms with van der Waals surface area (Å²) in [6, 6.07) is 5.46. The Kier molecular flexibility index (Phi) is 3.55. The lowest BCUT2D eigenvalue weighted by Gasteiger charge is -2.15. The molecule has 1 aromatic heterocycles. The van der Waals surface area contributed by atoms with E-state index in [-0.39, 0.29) is 6.10 Å². The van der Waals surface area contributed by atoms with Gasteiger partial charge >= 0.3 is 5.97 Å². The maximum absolute atomic E-state index is 12.2. The van der Waals surface area contributed by atoms with Gasteiger partial charge in [0.2, 0.25) is 0 Å². The number of carbonyl (C=O) groups is 1. The fourth-order valence-electron chi connectivity index (χ4n) is 1.80. The van der Waals surface area contributed by atoms with Crippen LogP contribution in [0.15, 0.2) is 30.6 Å². The zero-order chi connectivity index (χ0) is 14.0. The number of anilines is 1. The first kappa shape index (κ1) is 13.1. The molecule has 0 amide bonds. The summed E-state index contributed by atoms with van der Waals surface area (Å²) in [4.78, 5) is 12.2. The summed E-state index contributed by atoms with van der Waals surface area (Å²) in [5.41, 5.74) is 8.28. The van der Waals surface area contributed by atoms with E-state index in [0.717, 1.165) is 5.56 Å². The lowest BCUT2D eigenvalue weighted by molar-refractivity contribution is 0.0379. The second kappa shape index (κ2) is 5.14. The molecule has 5 heteroatoms. The number of benzene rings is 1. The van der Waals surface area contributed by atoms with Crippen molar-refractivity contribution in [3.8, 4) is 5.69 Å². The highest BCUT2D eigenvalue weighted by Crippen LogP contribution is 2.25. The van der Waals surface area contributed by atoms with Crippen LogP contribution in [0.3, 0.4) is 0 Å². The van der Waals surface area contributed by atoms with Gasteiger partial charge in [-0.3, -0.25) is 0 Å². The van der Waals surface area contributed by atoms with Crippen molar-refractivity contribution in [1.29, 1.82) is 0 Å². The first-order valence-electron chi connectivity index (χ1n) is 6.10. The molecule has 0 spiro atoms. The van der Waals surface area contributed by atoms with Gasteiger partial charge in [-0.1, -0.05) is 6.07 Å². The number of nitrogens with zero attached hydrogens (tertiary/aromatic N) is 2. The van der Waals surface area contributed by atoms with Crippen molar-refractivity contribution in [3.05, 3.63) is 41.7 Å². The number of rotatable bonds is 3. The van der Waals surface area contributed by atoms with E-state index >= 15 is 0 Å². The van der Waals surface area contributed by atoms with Crippen molar-refractivity contribution in [3.63, 3.8) is 0 Å². The fraction of sp³-hybridized carbons (Fsp3) is 0.286. The molecule has 1 aromatic carbocycles. The number of aryl methyl sites for hydroxylation is 1. The number of esters is 1. The number of hydrogen-bond acceptors (Lipinski definition) is 4. The van der Waals surface area contributed by atoms with Gasteiger partial charge in [0.05, 0.1) is 17.5 Å². The molecule has 100 valence electrons. The van der Waals surface area contributed by atoms with E-state index in [2.05, 4.69) is 5.10 Å². The van der Waals surface area contributed by atoms with E-state index in [1.165, 1.54) is 0 Å². The van der Waals surface area contributed by atoms with Crippen LogP contribution in [0, 0.1) is 6.92 Å². The molecule has 2 aromatic rings. The molecule has 0 atom stereocenters. The van der Waals surface area contributed by atoms with E-state index < -0.39 is 5.97 Å². The largest absolute Gasteiger partial charge is 0.459 e. The molecule has 0 radical (unpaired) electrons. The summed E-state index contributed by atoms with van der Waals surface area (Å²) in [7, 11) is 0. The molecule has 0 aliphatic heterocycles. The zero-order valence-corrected chi connectivity index (χ0v) is 11.3. The quantitative estimate of drug-likeness (QED) is 0.678. The smallest absolute Gasteiger partial charge is 0.342 e. The number of hydrogen-bond donors (Lipinski definition) is 1. The van der Waals surface area contributed by atoms with Crippen LogP contribution in [-0.2, 0) is 4.74 Å². The number of nitrogen functional groups attached to an aromatic ring is 1. The molecule has 2 rings (SSSR count). The van der Waals surface area contributed by atoms with Crippen molar-refractivity contribution >= 4 is 11.7 Å². The first-order chi connectivity index (χ1) is 9.00. The summed E-state index contributed by atoms with van der Waals surface area (Å²) in [6.45, 7) is 5.46. The van der Waals surface area contributed by atoms with Crippen LogP contribution in [-0.4, -0.2) is 21.9 Å². The topological polar surface area (TPSA) is 70.1 Å². The van der Waals surface area contributed by atoms with Crippen LogP contribution in [0.25, 0.3) is 5.69 Å². The Morgan fingerprint density at radius 2 is 2.16 bits per heavy atom. The molecule has 0 bridgehead atoms. The van der Waals surface area contributed by atoms with Gasteiger partial charge in [-0.25, -0.2) is 9.48 Å². The molecule has 2 N–H and O–H groups in total. The lowest BCUT2D eigenvalue weighted by Crippen LogP contribution is -2.17. The highest BCUT2D eigenvalue weighted by Gasteiger charge is 2.20. The van der Waals surface area contributed by atoms with Crippen molar-refractivity contribution in [1.82, 2.24) is 9.78 Å². The fourth-order valence-corrected chi connectivity index (χ4v) is 1.80. The van der Waals surface area contributed by atoms with E-state index in [1.807, 2.05) is 19.1 Å². The maximum Gasteiger partial charge on any atom is 0.342 e. The highest BCUT2D eigenvalue weighted by molar-refractivity contribution is 5.99. The number of nitrogens with two attached hydrogens (primary N) is 1. The molecular weight excluding hydrogens is 242 g/mol. The lowest BCUT2D eigenvalue weighted by atomic mass is 10.1. The van der Waals surface area contributed by atoms with Gasteiger partial charge in [-0.15, -0.1) is 0 Å². The Morgan fingerprint density at radius 1 is 1.42 bits per heavy atom. The molecular formula is C14H17N3O2. The summed E-state index contributed by atoms with van der Waals surface area (Å²) >= 11 is 0. The number of aromatic nitrogens is 2. The monoisotopic (exact) mass is 259 g/mol. The molecule has 0 unspecified atom stereocenters. The average molecular weight is 259 g/mol. The van der Waals surface area contributed by atoms with Crippen molar-refractivity contribution in [2.24, 2.45) is 0 Å². The van der Waals surface area contributed by atoms with Crippen LogP contribution in [0.1, 0.15) is 29.8 Å². The predicted molar refractivity (Wildman–Crippen MR) is 73.3 cm³/mol. The van der Waals surface area contributed by atoms with Crippen LogP contribution >= 0.6 is 0 Å². The van der Waals surface area contributed by atoms with Gasteiger partial charge < -0.3 is 10.5 Å². The second-order valence-electron chi connectivity index (χ2n) is 4.59. The third kappa shape index (κ3) is 2.59. The van der Waals surface area contributed by atoms with Crippen LogP contribution in [0.4, 0.5) is 5.69 Å². The van der Waals surface area contributed by atoms with Gasteiger partial charge in [0.1, 0.15) is 5.56 Å². The average Bonchev–Trinajstić information content (AvgIpc) is 2.84. The van der Waals surface area contributed by atoms with Crippen molar-refractivity contribution < 1.29 is 9.53 Å². The molecule has 0 saturated heterocycles. The van der Waals surface area contributed by atoms with Gasteiger partial charge in [0, 0.05) is 12.4 Å². The van der Waals surface area contributed by atoms with E-state index in [0.29, 0.717) is 16.9 Å². The summed E-state index contributed by atoms with van der Waals surface area (Å²) in [5, 5.41) is 4.13. The second-order valence-corrected chi connectivity index (χ2v) is 4.59. The molecule has 0 aliphatic carbocycles. The summed E-state index contributed by atoms with van der Waals surface area (Å²) in [5.74, 6) is -0.429. The van der Waals surface area contributed by atoms with Gasteiger partial charge in [-0.2, -0.15) is 5.10 Å². The highest BCUT2D eigenvalue weighted by atomic mass is 16.5. The maximum atomic E-state index is 12.2. The minimum absolute atomic E-state index is 0.196. The predicted octanol–water partition coefficient (Wildman–Crippen LogP) is 2.33. The summed E-state index contributed by atoms with van der Waals surface area (Å²) < 4.78 is 6.85. The first-order valence-corrected chi connectivity index (χ1v) is 6.10. The molecule has 19 heavy (non-hydrogen) atoms. The summed E-state index contributed by atoms with van der Waals surface area (Å²) in [6.07, 6.45) is 3.21. The van der Waals surface area contributed by atoms with E-state index in [9.17, 15) is 4.79 Å². The van der Waals surface area contributed by atoms with Crippen molar-refractivity contribution in [2.45, 2.75) is 26.9 Å². The van der Waals surface area contributed by atoms with Gasteiger partial charge in [0.15, 0.2) is 0 Å². The SMILES string of the molecule is Cc1ccc(-n2cccn2)c(C(=O)OC(C)C)c1N. The minimum Gasteiger partial charge on any atom is -0.459 e. The Labute approximate surface area is 112 Å². The number of ether oxygens (including phenoxy) is 1. The molecule has 0 saturated carbocycles. The van der Waals surface area contributed by atoms with E-state index in [1.54, 1.807) is 37.0 Å². The molecule has 0 aliphatic rings. The van der Waals surface area contributed by atoms with Gasteiger partial charge in [-0.05, 0) is 38.5 Å². The standard InChI is InChI=1S/C14H17N3O2/c1-9(2)19-14(18)12-11(17-8-4-7-16-17)6-5-10(3)13(12)15/h4-9H,15H2,1-3H3. The van der Waals surface area contributed by atoms with E-state index in [4.69, 9.17) is 10.5 Å². The van der Waals surface area contributed by atoms with Crippen LogP contribution in [0.5, 0.6) is 0 Å². The van der Waals surface area contributed by atoms with Crippen LogP contribution < -0.4 is 5.73 Å². The third-order valence-corrected chi connectivity index (χ3v) is 2.74. The van der Waals surface area contributed by atoms with Crippen LogP contribution in [0.2, 0.25) is 0 Å². The molecule has 0 fully saturated rings. The number of carbonyl (C=O) groups excluding carboxylic acids is 1. The Morgan fingerprint density at radius 3 is 2.74 bits per heavy atom. The Hall–Kier alpha value is -2.30. The zero-order valence-electron chi connectivity index (χ0n) is 11.3. The van der Waals surface area contributed by atoms with Gasteiger partial charge in [0.25, 0.3) is 0 Å².